The lowest BCUT2D eigenvalue weighted by molar-refractivity contribution is -0.154. The molecule has 0 aromatic heterocycles. The lowest BCUT2D eigenvalue weighted by Gasteiger charge is -2.42. The van der Waals surface area contributed by atoms with E-state index >= 15 is 0 Å². The van der Waals surface area contributed by atoms with Crippen molar-refractivity contribution in [3.05, 3.63) is 0 Å². The molecule has 0 amide bonds. The first-order valence-corrected chi connectivity index (χ1v) is 7.53. The Kier molecular flexibility index (Phi) is 4.51. The lowest BCUT2D eigenvalue weighted by Crippen LogP contribution is -2.53. The largest absolute Gasteiger partial charge is 0.481 e. The van der Waals surface area contributed by atoms with Crippen LogP contribution in [0.4, 0.5) is 0 Å². The fourth-order valence-electron chi connectivity index (χ4n) is 3.52. The molecule has 0 bridgehead atoms. The standard InChI is InChI=1S/C15H27NO3/c1-14(2)11-16(9-10-19-14)12-15(13(17)18)7-5-3-4-6-8-15/h3-12H2,1-2H3,(H,17,18). The summed E-state index contributed by atoms with van der Waals surface area (Å²) in [5.41, 5.74) is -0.674. The molecule has 0 spiro atoms. The number of carboxylic acids is 1. The summed E-state index contributed by atoms with van der Waals surface area (Å²) in [5, 5.41) is 9.72. The van der Waals surface area contributed by atoms with Gasteiger partial charge in [0.05, 0.1) is 17.6 Å². The Morgan fingerprint density at radius 2 is 1.84 bits per heavy atom. The summed E-state index contributed by atoms with van der Waals surface area (Å²) < 4.78 is 5.71. The zero-order valence-corrected chi connectivity index (χ0v) is 12.3. The number of nitrogens with zero attached hydrogens (tertiary/aromatic N) is 1. The number of carbonyl (C=O) groups is 1. The van der Waals surface area contributed by atoms with Crippen LogP contribution in [-0.4, -0.2) is 47.8 Å². The predicted molar refractivity (Wildman–Crippen MR) is 74.2 cm³/mol. The molecular formula is C15H27NO3. The highest BCUT2D eigenvalue weighted by atomic mass is 16.5. The van der Waals surface area contributed by atoms with Crippen molar-refractivity contribution in [1.82, 2.24) is 4.90 Å². The zero-order chi connectivity index (χ0) is 13.9. The highest BCUT2D eigenvalue weighted by molar-refractivity contribution is 5.75. The van der Waals surface area contributed by atoms with Crippen LogP contribution < -0.4 is 0 Å². The summed E-state index contributed by atoms with van der Waals surface area (Å²) in [7, 11) is 0. The van der Waals surface area contributed by atoms with Crippen LogP contribution in [-0.2, 0) is 9.53 Å². The molecule has 1 heterocycles. The van der Waals surface area contributed by atoms with Crippen LogP contribution in [0.5, 0.6) is 0 Å². The summed E-state index contributed by atoms with van der Waals surface area (Å²) in [6.07, 6.45) is 6.15. The molecule has 1 aliphatic heterocycles. The molecule has 0 aromatic rings. The van der Waals surface area contributed by atoms with Gasteiger partial charge in [0.2, 0.25) is 0 Å². The van der Waals surface area contributed by atoms with Crippen LogP contribution in [0.3, 0.4) is 0 Å². The van der Waals surface area contributed by atoms with E-state index in [1.165, 1.54) is 12.8 Å². The van der Waals surface area contributed by atoms with Gasteiger partial charge in [-0.2, -0.15) is 0 Å². The number of morpholine rings is 1. The maximum absolute atomic E-state index is 11.8. The van der Waals surface area contributed by atoms with Crippen LogP contribution in [0, 0.1) is 5.41 Å². The lowest BCUT2D eigenvalue weighted by atomic mass is 9.79. The van der Waals surface area contributed by atoms with Crippen molar-refractivity contribution >= 4 is 5.97 Å². The topological polar surface area (TPSA) is 49.8 Å². The summed E-state index contributed by atoms with van der Waals surface area (Å²) in [6, 6.07) is 0. The fourth-order valence-corrected chi connectivity index (χ4v) is 3.52. The molecule has 0 aromatic carbocycles. The highest BCUT2D eigenvalue weighted by Crippen LogP contribution is 2.37. The first-order chi connectivity index (χ1) is 8.94. The van der Waals surface area contributed by atoms with Gasteiger partial charge in [0.25, 0.3) is 0 Å². The van der Waals surface area contributed by atoms with Crippen molar-refractivity contribution in [1.29, 1.82) is 0 Å². The van der Waals surface area contributed by atoms with Gasteiger partial charge in [-0.05, 0) is 26.7 Å². The van der Waals surface area contributed by atoms with Crippen molar-refractivity contribution in [3.63, 3.8) is 0 Å². The Bertz CT molecular complexity index is 319. The second-order valence-corrected chi connectivity index (χ2v) is 6.82. The van der Waals surface area contributed by atoms with Crippen LogP contribution in [0.2, 0.25) is 0 Å². The second-order valence-electron chi connectivity index (χ2n) is 6.82. The molecule has 110 valence electrons. The number of hydrogen-bond acceptors (Lipinski definition) is 3. The molecular weight excluding hydrogens is 242 g/mol. The average Bonchev–Trinajstić information content (AvgIpc) is 2.54. The number of aliphatic carboxylic acids is 1. The highest BCUT2D eigenvalue weighted by Gasteiger charge is 2.41. The molecule has 2 fully saturated rings. The van der Waals surface area contributed by atoms with Gasteiger partial charge in [0.1, 0.15) is 0 Å². The number of rotatable bonds is 3. The van der Waals surface area contributed by atoms with E-state index in [9.17, 15) is 9.90 Å². The zero-order valence-electron chi connectivity index (χ0n) is 12.3. The Labute approximate surface area is 116 Å². The Morgan fingerprint density at radius 3 is 2.37 bits per heavy atom. The SMILES string of the molecule is CC1(C)CN(CC2(C(=O)O)CCCCCC2)CCO1. The minimum absolute atomic E-state index is 0.150. The molecule has 2 rings (SSSR count). The van der Waals surface area contributed by atoms with E-state index in [4.69, 9.17) is 4.74 Å². The van der Waals surface area contributed by atoms with E-state index in [0.717, 1.165) is 38.8 Å². The minimum atomic E-state index is -0.598. The fraction of sp³-hybridized carbons (Fsp3) is 0.933. The van der Waals surface area contributed by atoms with Gasteiger partial charge >= 0.3 is 5.97 Å². The Hall–Kier alpha value is -0.610. The van der Waals surface area contributed by atoms with Gasteiger partial charge < -0.3 is 9.84 Å². The monoisotopic (exact) mass is 269 g/mol. The van der Waals surface area contributed by atoms with Crippen molar-refractivity contribution in [2.75, 3.05) is 26.2 Å². The van der Waals surface area contributed by atoms with Crippen LogP contribution in [0.15, 0.2) is 0 Å². The number of ether oxygens (including phenoxy) is 1. The molecule has 0 radical (unpaired) electrons. The summed E-state index contributed by atoms with van der Waals surface area (Å²) >= 11 is 0. The quantitative estimate of drug-likeness (QED) is 0.800. The second kappa shape index (κ2) is 5.80. The van der Waals surface area contributed by atoms with Gasteiger partial charge in [0, 0.05) is 19.6 Å². The Morgan fingerprint density at radius 1 is 1.21 bits per heavy atom. The third kappa shape index (κ3) is 3.69. The van der Waals surface area contributed by atoms with E-state index in [1.807, 2.05) is 0 Å². The Balaban J connectivity index is 2.05. The normalized spacial score (nSPS) is 27.7. The number of carboxylic acid groups (broad SMARTS) is 1. The van der Waals surface area contributed by atoms with Gasteiger partial charge in [-0.3, -0.25) is 9.69 Å². The van der Waals surface area contributed by atoms with E-state index in [2.05, 4.69) is 18.7 Å². The molecule has 1 saturated carbocycles. The van der Waals surface area contributed by atoms with E-state index < -0.39 is 11.4 Å². The molecule has 1 aliphatic carbocycles. The first-order valence-electron chi connectivity index (χ1n) is 7.53. The van der Waals surface area contributed by atoms with Gasteiger partial charge in [-0.15, -0.1) is 0 Å². The van der Waals surface area contributed by atoms with Crippen LogP contribution in [0.1, 0.15) is 52.4 Å². The number of hydrogen-bond donors (Lipinski definition) is 1. The van der Waals surface area contributed by atoms with Crippen molar-refractivity contribution in [2.24, 2.45) is 5.41 Å². The molecule has 2 aliphatic rings. The third-order valence-electron chi connectivity index (χ3n) is 4.55. The van der Waals surface area contributed by atoms with E-state index in [-0.39, 0.29) is 5.60 Å². The summed E-state index contributed by atoms with van der Waals surface area (Å²) in [6.45, 7) is 7.26. The molecule has 1 N–H and O–H groups in total. The van der Waals surface area contributed by atoms with Crippen LogP contribution in [0.25, 0.3) is 0 Å². The molecule has 1 saturated heterocycles. The summed E-state index contributed by atoms with van der Waals surface area (Å²) in [5.74, 6) is -0.598. The maximum atomic E-state index is 11.8. The van der Waals surface area contributed by atoms with Gasteiger partial charge in [-0.1, -0.05) is 25.7 Å². The van der Waals surface area contributed by atoms with Gasteiger partial charge in [0.15, 0.2) is 0 Å². The van der Waals surface area contributed by atoms with Gasteiger partial charge in [-0.25, -0.2) is 0 Å². The van der Waals surface area contributed by atoms with Crippen LogP contribution >= 0.6 is 0 Å². The summed E-state index contributed by atoms with van der Waals surface area (Å²) in [4.78, 5) is 14.1. The molecule has 19 heavy (non-hydrogen) atoms. The first kappa shape index (κ1) is 14.8. The molecule has 0 unspecified atom stereocenters. The van der Waals surface area contributed by atoms with E-state index in [1.54, 1.807) is 0 Å². The molecule has 4 nitrogen and oxygen atoms in total. The predicted octanol–water partition coefficient (Wildman–Crippen LogP) is 2.52. The third-order valence-corrected chi connectivity index (χ3v) is 4.55. The van der Waals surface area contributed by atoms with Crippen molar-refractivity contribution in [2.45, 2.75) is 58.0 Å². The molecule has 0 atom stereocenters. The van der Waals surface area contributed by atoms with Crippen molar-refractivity contribution < 1.29 is 14.6 Å². The van der Waals surface area contributed by atoms with Crippen molar-refractivity contribution in [3.8, 4) is 0 Å². The maximum Gasteiger partial charge on any atom is 0.310 e. The minimum Gasteiger partial charge on any atom is -0.481 e. The van der Waals surface area contributed by atoms with E-state index in [0.29, 0.717) is 13.2 Å². The molecule has 4 heteroatoms. The smallest absolute Gasteiger partial charge is 0.310 e. The average molecular weight is 269 g/mol.